The Labute approximate surface area is 153 Å². The van der Waals surface area contributed by atoms with E-state index in [0.29, 0.717) is 31.0 Å². The molecule has 1 aliphatic rings. The van der Waals surface area contributed by atoms with Gasteiger partial charge in [-0.25, -0.2) is 0 Å². The molecule has 4 nitrogen and oxygen atoms in total. The van der Waals surface area contributed by atoms with Gasteiger partial charge in [-0.15, -0.1) is 0 Å². The van der Waals surface area contributed by atoms with Crippen molar-refractivity contribution in [3.8, 4) is 0 Å². The van der Waals surface area contributed by atoms with E-state index in [2.05, 4.69) is 0 Å². The lowest BCUT2D eigenvalue weighted by atomic mass is 10.1. The third kappa shape index (κ3) is 4.02. The van der Waals surface area contributed by atoms with E-state index in [-0.39, 0.29) is 11.8 Å². The van der Waals surface area contributed by atoms with E-state index in [1.807, 2.05) is 42.5 Å². The number of anilines is 1. The number of benzene rings is 2. The Morgan fingerprint density at radius 2 is 1.76 bits per heavy atom. The van der Waals surface area contributed by atoms with Gasteiger partial charge >= 0.3 is 0 Å². The van der Waals surface area contributed by atoms with Gasteiger partial charge in [-0.1, -0.05) is 41.9 Å². The topological polar surface area (TPSA) is 40.6 Å². The van der Waals surface area contributed by atoms with Gasteiger partial charge in [0.2, 0.25) is 11.8 Å². The lowest BCUT2D eigenvalue weighted by Gasteiger charge is -2.39. The first kappa shape index (κ1) is 17.5. The summed E-state index contributed by atoms with van der Waals surface area (Å²) in [6.07, 6.45) is 1.11. The summed E-state index contributed by atoms with van der Waals surface area (Å²) in [6.45, 7) is 2.84. The molecule has 2 aromatic carbocycles. The molecule has 2 amide bonds. The van der Waals surface area contributed by atoms with Crippen LogP contribution < -0.4 is 4.90 Å². The van der Waals surface area contributed by atoms with Crippen LogP contribution in [0.3, 0.4) is 0 Å². The predicted octanol–water partition coefficient (Wildman–Crippen LogP) is 3.54. The summed E-state index contributed by atoms with van der Waals surface area (Å²) < 4.78 is 0. The summed E-state index contributed by atoms with van der Waals surface area (Å²) in [6, 6.07) is 16.7. The maximum atomic E-state index is 12.7. The van der Waals surface area contributed by atoms with Crippen molar-refractivity contribution in [1.82, 2.24) is 4.90 Å². The SMILES string of the molecule is C[C@@H]1C(=O)N(c2ccc(Cl)cc2)CCN1C(=O)CCc1ccccc1. The van der Waals surface area contributed by atoms with Gasteiger partial charge in [-0.2, -0.15) is 0 Å². The van der Waals surface area contributed by atoms with Crippen molar-refractivity contribution in [3.63, 3.8) is 0 Å². The van der Waals surface area contributed by atoms with Gasteiger partial charge in [0.1, 0.15) is 6.04 Å². The lowest BCUT2D eigenvalue weighted by molar-refractivity contribution is -0.140. The van der Waals surface area contributed by atoms with Gasteiger partial charge in [0.15, 0.2) is 0 Å². The molecular weight excluding hydrogens is 336 g/mol. The Kier molecular flexibility index (Phi) is 5.39. The van der Waals surface area contributed by atoms with Crippen LogP contribution in [0.2, 0.25) is 5.02 Å². The summed E-state index contributed by atoms with van der Waals surface area (Å²) >= 11 is 5.91. The van der Waals surface area contributed by atoms with Crippen LogP contribution in [0.4, 0.5) is 5.69 Å². The molecule has 0 aliphatic carbocycles. The fourth-order valence-electron chi connectivity index (χ4n) is 3.13. The van der Waals surface area contributed by atoms with E-state index in [4.69, 9.17) is 11.6 Å². The van der Waals surface area contributed by atoms with E-state index >= 15 is 0 Å². The van der Waals surface area contributed by atoms with Crippen LogP contribution in [0.15, 0.2) is 54.6 Å². The first-order valence-electron chi connectivity index (χ1n) is 8.46. The normalized spacial score (nSPS) is 17.7. The van der Waals surface area contributed by atoms with Crippen molar-refractivity contribution in [2.24, 2.45) is 0 Å². The number of carbonyl (C=O) groups excluding carboxylic acids is 2. The molecule has 1 aliphatic heterocycles. The highest BCUT2D eigenvalue weighted by Crippen LogP contribution is 2.23. The van der Waals surface area contributed by atoms with Crippen LogP contribution in [0.1, 0.15) is 18.9 Å². The molecular formula is C20H21ClN2O2. The van der Waals surface area contributed by atoms with Crippen LogP contribution in [-0.2, 0) is 16.0 Å². The zero-order valence-corrected chi connectivity index (χ0v) is 14.9. The summed E-state index contributed by atoms with van der Waals surface area (Å²) in [5, 5.41) is 0.638. The van der Waals surface area contributed by atoms with Gasteiger partial charge in [-0.3, -0.25) is 9.59 Å². The van der Waals surface area contributed by atoms with Crippen LogP contribution in [0.5, 0.6) is 0 Å². The van der Waals surface area contributed by atoms with Crippen molar-refractivity contribution in [1.29, 1.82) is 0 Å². The number of hydrogen-bond donors (Lipinski definition) is 0. The average Bonchev–Trinajstić information content (AvgIpc) is 2.64. The molecule has 1 fully saturated rings. The number of aryl methyl sites for hydroxylation is 1. The highest BCUT2D eigenvalue weighted by molar-refractivity contribution is 6.30. The Morgan fingerprint density at radius 1 is 1.08 bits per heavy atom. The number of halogens is 1. The summed E-state index contributed by atoms with van der Waals surface area (Å²) in [4.78, 5) is 28.7. The van der Waals surface area contributed by atoms with Crippen LogP contribution >= 0.6 is 11.6 Å². The van der Waals surface area contributed by atoms with Gasteiger partial charge in [0.25, 0.3) is 0 Å². The molecule has 0 spiro atoms. The Morgan fingerprint density at radius 3 is 2.44 bits per heavy atom. The van der Waals surface area contributed by atoms with Crippen molar-refractivity contribution >= 4 is 29.1 Å². The number of hydrogen-bond acceptors (Lipinski definition) is 2. The largest absolute Gasteiger partial charge is 0.329 e. The first-order valence-corrected chi connectivity index (χ1v) is 8.84. The molecule has 1 saturated heterocycles. The predicted molar refractivity (Wildman–Crippen MR) is 99.7 cm³/mol. The minimum atomic E-state index is -0.451. The minimum Gasteiger partial charge on any atom is -0.329 e. The number of rotatable bonds is 4. The summed E-state index contributed by atoms with van der Waals surface area (Å²) in [7, 11) is 0. The zero-order chi connectivity index (χ0) is 17.8. The molecule has 0 unspecified atom stereocenters. The highest BCUT2D eigenvalue weighted by atomic mass is 35.5. The first-order chi connectivity index (χ1) is 12.1. The fraction of sp³-hybridized carbons (Fsp3) is 0.300. The molecule has 1 atom stereocenters. The van der Waals surface area contributed by atoms with E-state index in [0.717, 1.165) is 11.3 Å². The second-order valence-corrected chi connectivity index (χ2v) is 6.65. The molecule has 25 heavy (non-hydrogen) atoms. The maximum absolute atomic E-state index is 12.7. The molecule has 0 aromatic heterocycles. The van der Waals surface area contributed by atoms with Gasteiger partial charge in [0, 0.05) is 30.2 Å². The Balaban J connectivity index is 1.62. The quantitative estimate of drug-likeness (QED) is 0.840. The van der Waals surface area contributed by atoms with E-state index < -0.39 is 6.04 Å². The van der Waals surface area contributed by atoms with E-state index in [9.17, 15) is 9.59 Å². The minimum absolute atomic E-state index is 0.0282. The summed E-state index contributed by atoms with van der Waals surface area (Å²) in [5.74, 6) is -0.0258. The van der Waals surface area contributed by atoms with Crippen LogP contribution in [0.25, 0.3) is 0 Å². The Bertz CT molecular complexity index is 746. The van der Waals surface area contributed by atoms with Crippen molar-refractivity contribution in [2.45, 2.75) is 25.8 Å². The molecule has 0 bridgehead atoms. The van der Waals surface area contributed by atoms with Crippen LogP contribution in [-0.4, -0.2) is 35.8 Å². The van der Waals surface area contributed by atoms with Crippen LogP contribution in [0, 0.1) is 0 Å². The van der Waals surface area contributed by atoms with Crippen molar-refractivity contribution in [3.05, 3.63) is 65.2 Å². The lowest BCUT2D eigenvalue weighted by Crippen LogP contribution is -2.57. The Hall–Kier alpha value is -2.33. The van der Waals surface area contributed by atoms with Crippen molar-refractivity contribution in [2.75, 3.05) is 18.0 Å². The fourth-order valence-corrected chi connectivity index (χ4v) is 3.25. The molecule has 5 heteroatoms. The van der Waals surface area contributed by atoms with Crippen molar-refractivity contribution < 1.29 is 9.59 Å². The average molecular weight is 357 g/mol. The third-order valence-electron chi connectivity index (χ3n) is 4.58. The molecule has 3 rings (SSSR count). The molecule has 0 radical (unpaired) electrons. The van der Waals surface area contributed by atoms with Gasteiger partial charge in [0.05, 0.1) is 0 Å². The van der Waals surface area contributed by atoms with Gasteiger partial charge in [-0.05, 0) is 43.2 Å². The zero-order valence-electron chi connectivity index (χ0n) is 14.2. The summed E-state index contributed by atoms with van der Waals surface area (Å²) in [5.41, 5.74) is 1.95. The van der Waals surface area contributed by atoms with Gasteiger partial charge < -0.3 is 9.80 Å². The molecule has 2 aromatic rings. The number of carbonyl (C=O) groups is 2. The number of nitrogens with zero attached hydrogens (tertiary/aromatic N) is 2. The molecule has 0 N–H and O–H groups in total. The monoisotopic (exact) mass is 356 g/mol. The second kappa shape index (κ2) is 7.70. The molecule has 1 heterocycles. The van der Waals surface area contributed by atoms with E-state index in [1.165, 1.54) is 0 Å². The molecule has 130 valence electrons. The maximum Gasteiger partial charge on any atom is 0.249 e. The second-order valence-electron chi connectivity index (χ2n) is 6.21. The highest BCUT2D eigenvalue weighted by Gasteiger charge is 2.34. The number of piperazine rings is 1. The molecule has 0 saturated carbocycles. The number of amides is 2. The standard InChI is InChI=1S/C20H21ClN2O2/c1-15-20(25)23(18-10-8-17(21)9-11-18)14-13-22(15)19(24)12-7-16-5-3-2-4-6-16/h2-6,8-11,15H,7,12-14H2,1H3/t15-/m1/s1. The third-order valence-corrected chi connectivity index (χ3v) is 4.84. The van der Waals surface area contributed by atoms with E-state index in [1.54, 1.807) is 28.9 Å². The smallest absolute Gasteiger partial charge is 0.249 e.